The van der Waals surface area contributed by atoms with Gasteiger partial charge in [0.25, 0.3) is 0 Å². The molecule has 0 radical (unpaired) electrons. The van der Waals surface area contributed by atoms with Gasteiger partial charge in [-0.3, -0.25) is 4.55 Å². The predicted molar refractivity (Wildman–Crippen MR) is 78.6 cm³/mol. The van der Waals surface area contributed by atoms with Gasteiger partial charge in [0.05, 0.1) is 6.04 Å². The molecule has 2 fully saturated rings. The molecule has 3 heterocycles. The van der Waals surface area contributed by atoms with Gasteiger partial charge in [-0.25, -0.2) is 4.79 Å². The predicted octanol–water partition coefficient (Wildman–Crippen LogP) is 0.0265. The molecule has 11 nitrogen and oxygen atoms in total. The summed E-state index contributed by atoms with van der Waals surface area (Å²) in [5.41, 5.74) is 5.44. The van der Waals surface area contributed by atoms with Crippen LogP contribution < -0.4 is 5.73 Å². The van der Waals surface area contributed by atoms with Gasteiger partial charge >= 0.3 is 16.4 Å². The van der Waals surface area contributed by atoms with E-state index < -0.39 is 28.5 Å². The van der Waals surface area contributed by atoms with E-state index in [9.17, 15) is 13.2 Å². The Labute approximate surface area is 138 Å². The molecule has 2 bridgehead atoms. The second-order valence-corrected chi connectivity index (χ2v) is 6.79. The van der Waals surface area contributed by atoms with Gasteiger partial charge in [-0.2, -0.15) is 13.5 Å². The molecular weight excluding hydrogens is 342 g/mol. The Hall–Kier alpha value is -1.76. The highest BCUT2D eigenvalue weighted by molar-refractivity contribution is 7.80. The molecule has 3 N–H and O–H groups in total. The van der Waals surface area contributed by atoms with Crippen LogP contribution in [0.2, 0.25) is 0 Å². The Morgan fingerprint density at radius 1 is 1.33 bits per heavy atom. The van der Waals surface area contributed by atoms with Crippen LogP contribution in [0.15, 0.2) is 4.42 Å². The van der Waals surface area contributed by atoms with Crippen molar-refractivity contribution < 1.29 is 26.5 Å². The molecule has 1 aromatic rings. The van der Waals surface area contributed by atoms with Crippen LogP contribution in [0.25, 0.3) is 0 Å². The molecule has 0 unspecified atom stereocenters. The molecule has 0 spiro atoms. The van der Waals surface area contributed by atoms with E-state index >= 15 is 0 Å². The molecule has 1 aromatic heterocycles. The number of fused-ring (bicyclic) bond motifs is 2. The number of aromatic nitrogens is 2. The first-order chi connectivity index (χ1) is 11.4. The van der Waals surface area contributed by atoms with Crippen LogP contribution >= 0.6 is 0 Å². The van der Waals surface area contributed by atoms with Gasteiger partial charge in [0, 0.05) is 13.0 Å². The zero-order chi connectivity index (χ0) is 17.3. The van der Waals surface area contributed by atoms with Gasteiger partial charge in [-0.15, -0.1) is 14.5 Å². The zero-order valence-corrected chi connectivity index (χ0v) is 13.7. The molecule has 2 saturated heterocycles. The first-order valence-corrected chi connectivity index (χ1v) is 9.04. The number of rotatable bonds is 7. The SMILES string of the molecule is NCCCCc1nnc([C@@H]2CC[C@@H]3CN2C(=O)N3OS(=O)(=O)O)o1. The number of amides is 2. The van der Waals surface area contributed by atoms with Crippen molar-refractivity contribution in [3.8, 4) is 0 Å². The molecule has 2 atom stereocenters. The van der Waals surface area contributed by atoms with Crippen molar-refractivity contribution in [2.75, 3.05) is 13.1 Å². The minimum Gasteiger partial charge on any atom is -0.423 e. The highest BCUT2D eigenvalue weighted by Gasteiger charge is 2.49. The number of hydrogen-bond donors (Lipinski definition) is 2. The van der Waals surface area contributed by atoms with Gasteiger partial charge < -0.3 is 15.1 Å². The third-order valence-electron chi connectivity index (χ3n) is 4.11. The van der Waals surface area contributed by atoms with Crippen molar-refractivity contribution >= 4 is 16.4 Å². The summed E-state index contributed by atoms with van der Waals surface area (Å²) in [7, 11) is -4.75. The van der Waals surface area contributed by atoms with E-state index in [1.807, 2.05) is 0 Å². The maximum absolute atomic E-state index is 12.3. The van der Waals surface area contributed by atoms with E-state index in [0.717, 1.165) is 12.8 Å². The largest absolute Gasteiger partial charge is 0.423 e. The molecule has 2 aliphatic heterocycles. The molecule has 2 aliphatic rings. The van der Waals surface area contributed by atoms with Crippen molar-refractivity contribution in [3.05, 3.63) is 11.8 Å². The summed E-state index contributed by atoms with van der Waals surface area (Å²) in [4.78, 5) is 13.7. The fourth-order valence-electron chi connectivity index (χ4n) is 3.01. The van der Waals surface area contributed by atoms with Crippen LogP contribution in [0.3, 0.4) is 0 Å². The second kappa shape index (κ2) is 6.63. The summed E-state index contributed by atoms with van der Waals surface area (Å²) >= 11 is 0. The van der Waals surface area contributed by atoms with Gasteiger partial charge in [-0.1, -0.05) is 0 Å². The number of hydrogen-bond acceptors (Lipinski definition) is 8. The summed E-state index contributed by atoms with van der Waals surface area (Å²) < 4.78 is 40.5. The number of carbonyl (C=O) groups is 1. The lowest BCUT2D eigenvalue weighted by Crippen LogP contribution is -2.35. The molecule has 0 aliphatic carbocycles. The van der Waals surface area contributed by atoms with Gasteiger partial charge in [-0.05, 0) is 32.2 Å². The summed E-state index contributed by atoms with van der Waals surface area (Å²) in [5, 5.41) is 8.66. The van der Waals surface area contributed by atoms with Crippen molar-refractivity contribution in [1.82, 2.24) is 20.2 Å². The fourth-order valence-corrected chi connectivity index (χ4v) is 3.40. The van der Waals surface area contributed by atoms with Gasteiger partial charge in [0.15, 0.2) is 0 Å². The van der Waals surface area contributed by atoms with Crippen LogP contribution in [0.5, 0.6) is 0 Å². The number of nitrogens with two attached hydrogens (primary N) is 1. The second-order valence-electron chi connectivity index (χ2n) is 5.79. The van der Waals surface area contributed by atoms with Crippen molar-refractivity contribution in [3.63, 3.8) is 0 Å². The minimum absolute atomic E-state index is 0.268. The van der Waals surface area contributed by atoms with E-state index in [2.05, 4.69) is 14.5 Å². The molecule has 0 aromatic carbocycles. The van der Waals surface area contributed by atoms with Crippen LogP contribution in [-0.4, -0.2) is 58.3 Å². The molecule has 0 saturated carbocycles. The van der Waals surface area contributed by atoms with Crippen LogP contribution in [0.4, 0.5) is 4.79 Å². The molecule has 12 heteroatoms. The number of hydroxylamine groups is 2. The summed E-state index contributed by atoms with van der Waals surface area (Å²) in [6, 6.07) is -1.52. The Kier molecular flexibility index (Phi) is 4.71. The third kappa shape index (κ3) is 3.50. The van der Waals surface area contributed by atoms with Crippen LogP contribution in [0.1, 0.15) is 43.5 Å². The maximum Gasteiger partial charge on any atom is 0.418 e. The minimum atomic E-state index is -4.75. The van der Waals surface area contributed by atoms with E-state index in [4.69, 9.17) is 14.7 Å². The average Bonchev–Trinajstić information content (AvgIpc) is 3.07. The Morgan fingerprint density at radius 3 is 2.83 bits per heavy atom. The molecule has 3 rings (SSSR count). The molecule has 134 valence electrons. The Morgan fingerprint density at radius 2 is 2.12 bits per heavy atom. The summed E-state index contributed by atoms with van der Waals surface area (Å²) in [5.74, 6) is 0.802. The van der Waals surface area contributed by atoms with Gasteiger partial charge in [0.1, 0.15) is 6.04 Å². The fraction of sp³-hybridized carbons (Fsp3) is 0.750. The highest BCUT2D eigenvalue weighted by atomic mass is 32.3. The topological polar surface area (TPSA) is 152 Å². The number of nitrogens with zero attached hydrogens (tertiary/aromatic N) is 4. The standard InChI is InChI=1S/C12H19N5O6S/c13-6-2-1-3-10-14-15-11(22-10)9-5-4-8-7-16(9)12(18)17(8)23-24(19,20)21/h8-9H,1-7,13H2,(H,19,20,21)/t8-,9+/m1/s1. The average molecular weight is 361 g/mol. The summed E-state index contributed by atoms with van der Waals surface area (Å²) in [6.07, 6.45) is 3.34. The third-order valence-corrected chi connectivity index (χ3v) is 4.46. The van der Waals surface area contributed by atoms with Gasteiger partial charge in [0.2, 0.25) is 11.8 Å². The Bertz CT molecular complexity index is 707. The summed E-state index contributed by atoms with van der Waals surface area (Å²) in [6.45, 7) is 0.862. The van der Waals surface area contributed by atoms with E-state index in [-0.39, 0.29) is 6.54 Å². The van der Waals surface area contributed by atoms with Crippen molar-refractivity contribution in [2.45, 2.75) is 44.2 Å². The molecule has 24 heavy (non-hydrogen) atoms. The van der Waals surface area contributed by atoms with E-state index in [1.54, 1.807) is 0 Å². The number of carbonyl (C=O) groups excluding carboxylic acids is 1. The van der Waals surface area contributed by atoms with Crippen molar-refractivity contribution in [1.29, 1.82) is 0 Å². The normalized spacial score (nSPS) is 24.0. The number of aryl methyl sites for hydroxylation is 1. The van der Waals surface area contributed by atoms with Crippen LogP contribution in [-0.2, 0) is 21.1 Å². The monoisotopic (exact) mass is 361 g/mol. The van der Waals surface area contributed by atoms with Crippen molar-refractivity contribution in [2.24, 2.45) is 5.73 Å². The maximum atomic E-state index is 12.3. The lowest BCUT2D eigenvalue weighted by Gasteiger charge is -2.27. The highest BCUT2D eigenvalue weighted by Crippen LogP contribution is 2.38. The zero-order valence-electron chi connectivity index (χ0n) is 12.9. The first-order valence-electron chi connectivity index (χ1n) is 7.68. The quantitative estimate of drug-likeness (QED) is 0.506. The smallest absolute Gasteiger partial charge is 0.418 e. The number of urea groups is 1. The number of piperidine rings is 1. The van der Waals surface area contributed by atoms with E-state index in [1.165, 1.54) is 4.90 Å². The molecular formula is C12H19N5O6S. The lowest BCUT2D eigenvalue weighted by atomic mass is 10.0. The lowest BCUT2D eigenvalue weighted by molar-refractivity contribution is -0.0317. The number of unbranched alkanes of at least 4 members (excludes halogenated alkanes) is 1. The van der Waals surface area contributed by atoms with E-state index in [0.29, 0.717) is 42.7 Å². The first kappa shape index (κ1) is 17.1. The van der Waals surface area contributed by atoms with Crippen LogP contribution in [0, 0.1) is 0 Å². The molecule has 2 amide bonds. The Balaban J connectivity index is 1.70.